The number of aryl methyl sites for hydroxylation is 1. The van der Waals surface area contributed by atoms with Gasteiger partial charge < -0.3 is 20.1 Å². The molecule has 1 fully saturated rings. The molecule has 0 atom stereocenters. The van der Waals surface area contributed by atoms with E-state index in [1.54, 1.807) is 19.2 Å². The summed E-state index contributed by atoms with van der Waals surface area (Å²) in [5.74, 6) is 0.297. The highest BCUT2D eigenvalue weighted by atomic mass is 32.1. The number of aromatic amines is 1. The third kappa shape index (κ3) is 7.16. The number of rotatable bonds is 4. The van der Waals surface area contributed by atoms with E-state index in [0.29, 0.717) is 31.7 Å². The molecule has 4 aromatic heterocycles. The summed E-state index contributed by atoms with van der Waals surface area (Å²) >= 11 is 1.39. The summed E-state index contributed by atoms with van der Waals surface area (Å²) in [5, 5.41) is 3.16. The predicted octanol–water partition coefficient (Wildman–Crippen LogP) is 5.76. The lowest BCUT2D eigenvalue weighted by molar-refractivity contribution is -0.506. The number of benzene rings is 1. The number of likely N-dealkylation sites (N-methyl/N-ethyl adjacent to an activating group) is 1. The molecule has 0 radical (unpaired) electrons. The number of anilines is 1. The van der Waals surface area contributed by atoms with E-state index in [-0.39, 0.29) is 17.5 Å². The van der Waals surface area contributed by atoms with Gasteiger partial charge in [0.25, 0.3) is 11.6 Å². The number of fused-ring (bicyclic) bond motifs is 5. The molecule has 236 valence electrons. The van der Waals surface area contributed by atoms with Crippen molar-refractivity contribution in [3.05, 3.63) is 80.9 Å². The molecule has 0 unspecified atom stereocenters. The molecule has 5 heterocycles. The van der Waals surface area contributed by atoms with Crippen LogP contribution in [0.2, 0.25) is 0 Å². The first kappa shape index (κ1) is 34.4. The minimum atomic E-state index is -0.527. The molecular weight excluding hydrogens is 574 g/mol. The van der Waals surface area contributed by atoms with Crippen LogP contribution in [0.1, 0.15) is 69.7 Å². The first-order valence-corrected chi connectivity index (χ1v) is 16.4. The topological polar surface area (TPSA) is 109 Å². The second-order valence-electron chi connectivity index (χ2n) is 9.70. The van der Waals surface area contributed by atoms with Crippen molar-refractivity contribution in [3.63, 3.8) is 0 Å². The Morgan fingerprint density at radius 1 is 1.02 bits per heavy atom. The number of pyridine rings is 2. The lowest BCUT2D eigenvalue weighted by atomic mass is 10.1. The Kier molecular flexibility index (Phi) is 12.6. The van der Waals surface area contributed by atoms with Crippen LogP contribution in [0, 0.1) is 11.8 Å². The van der Waals surface area contributed by atoms with Crippen LogP contribution in [0.5, 0.6) is 0 Å². The maximum Gasteiger partial charge on any atom is 0.274 e. The van der Waals surface area contributed by atoms with Gasteiger partial charge in [0.1, 0.15) is 22.8 Å². The normalized spacial score (nSPS) is 13.2. The highest BCUT2D eigenvalue weighted by Gasteiger charge is 2.24. The number of hydrogen-bond donors (Lipinski definition) is 2. The van der Waals surface area contributed by atoms with E-state index in [9.17, 15) is 14.5 Å². The molecule has 11 heteroatoms. The number of para-hydroxylation sites is 1. The Morgan fingerprint density at radius 2 is 1.75 bits per heavy atom. The van der Waals surface area contributed by atoms with E-state index in [1.807, 2.05) is 76.3 Å². The molecule has 0 bridgehead atoms. The van der Waals surface area contributed by atoms with Gasteiger partial charge in [-0.15, -0.1) is 11.3 Å². The first-order valence-electron chi connectivity index (χ1n) is 15.6. The minimum Gasteiger partial charge on any atom is -0.355 e. The van der Waals surface area contributed by atoms with Gasteiger partial charge in [-0.2, -0.15) is 0 Å². The second kappa shape index (κ2) is 16.1. The summed E-state index contributed by atoms with van der Waals surface area (Å²) in [7, 11) is 2.12. The monoisotopic (exact) mass is 620 g/mol. The molecule has 0 spiro atoms. The fraction of sp³-hybridized carbons (Fsp3) is 0.424. The SMILES string of the molecule is CC.CC.CC.Cc1c[n+](=O)c(CNC(=O)c2c(=O)c3ccc(N4CCCN(C)CC4)nc3n3c2sc2ccccc23)c[nH]1. The van der Waals surface area contributed by atoms with Crippen LogP contribution in [0.25, 0.3) is 26.1 Å². The molecular formula is C33H46N7O3S+. The molecule has 44 heavy (non-hydrogen) atoms. The van der Waals surface area contributed by atoms with Gasteiger partial charge in [0.2, 0.25) is 11.6 Å². The summed E-state index contributed by atoms with van der Waals surface area (Å²) in [4.78, 5) is 52.5. The van der Waals surface area contributed by atoms with Gasteiger partial charge in [-0.05, 0) is 51.2 Å². The zero-order chi connectivity index (χ0) is 32.4. The van der Waals surface area contributed by atoms with Gasteiger partial charge in [0, 0.05) is 24.5 Å². The summed E-state index contributed by atoms with van der Waals surface area (Å²) in [5.41, 5.74) is 2.15. The van der Waals surface area contributed by atoms with Crippen LogP contribution < -0.4 is 20.1 Å². The van der Waals surface area contributed by atoms with Crippen molar-refractivity contribution < 1.29 is 9.22 Å². The third-order valence-corrected chi connectivity index (χ3v) is 8.18. The van der Waals surface area contributed by atoms with Crippen LogP contribution in [-0.2, 0) is 6.54 Å². The number of carbonyl (C=O) groups is 1. The van der Waals surface area contributed by atoms with Gasteiger partial charge in [-0.3, -0.25) is 14.0 Å². The predicted molar refractivity (Wildman–Crippen MR) is 183 cm³/mol. The maximum absolute atomic E-state index is 13.8. The molecule has 0 aliphatic carbocycles. The lowest BCUT2D eigenvalue weighted by Crippen LogP contribution is -2.33. The quantitative estimate of drug-likeness (QED) is 0.247. The van der Waals surface area contributed by atoms with Gasteiger partial charge in [-0.1, -0.05) is 53.7 Å². The third-order valence-electron chi connectivity index (χ3n) is 7.03. The molecule has 5 aromatic rings. The van der Waals surface area contributed by atoms with Gasteiger partial charge in [-0.25, -0.2) is 4.98 Å². The Hall–Kier alpha value is -4.09. The number of H-pyrrole nitrogens is 1. The highest BCUT2D eigenvalue weighted by molar-refractivity contribution is 7.24. The molecule has 2 N–H and O–H groups in total. The smallest absolute Gasteiger partial charge is 0.274 e. The highest BCUT2D eigenvalue weighted by Crippen LogP contribution is 2.31. The molecule has 1 aliphatic rings. The van der Waals surface area contributed by atoms with Crippen LogP contribution in [0.4, 0.5) is 5.82 Å². The average Bonchev–Trinajstić information content (AvgIpc) is 3.30. The van der Waals surface area contributed by atoms with E-state index in [1.165, 1.54) is 17.5 Å². The summed E-state index contributed by atoms with van der Waals surface area (Å²) in [6.45, 7) is 17.5. The number of nitrogens with one attached hydrogen (secondary N) is 2. The largest absolute Gasteiger partial charge is 0.355 e. The Morgan fingerprint density at radius 3 is 2.48 bits per heavy atom. The number of carbonyl (C=O) groups excluding carboxylic acids is 1. The molecule has 1 aliphatic heterocycles. The number of amides is 1. The molecule has 0 saturated carbocycles. The van der Waals surface area contributed by atoms with Crippen molar-refractivity contribution in [3.8, 4) is 0 Å². The molecule has 1 amide bonds. The van der Waals surface area contributed by atoms with Gasteiger partial charge in [0.05, 0.1) is 31.9 Å². The van der Waals surface area contributed by atoms with E-state index >= 15 is 0 Å². The first-order chi connectivity index (χ1) is 21.4. The Labute approximate surface area is 263 Å². The second-order valence-corrected chi connectivity index (χ2v) is 10.7. The van der Waals surface area contributed by atoms with Crippen LogP contribution in [0.3, 0.4) is 0 Å². The molecule has 1 aromatic carbocycles. The standard InChI is InChI=1S/C27H27N7O3S.3C2H6/c1-17-16-33(37)18(14-28-17)15-29-26(36)23-24(35)19-8-9-22(32-11-5-10-31(2)12-13-32)30-25(19)34-20-6-3-4-7-21(20)38-27(23)34;3*1-2/h3-4,6-9,14,16H,5,10-13,15H2,1-2H3,(H-,28,29,36,37);3*1-2H3/p+1. The lowest BCUT2D eigenvalue weighted by Gasteiger charge is -2.22. The van der Waals surface area contributed by atoms with Crippen molar-refractivity contribution in [1.82, 2.24) is 24.6 Å². The fourth-order valence-corrected chi connectivity index (χ4v) is 6.16. The average molecular weight is 621 g/mol. The zero-order valence-corrected chi connectivity index (χ0v) is 28.0. The van der Waals surface area contributed by atoms with E-state index in [4.69, 9.17) is 4.98 Å². The zero-order valence-electron chi connectivity index (χ0n) is 27.2. The maximum atomic E-state index is 13.8. The van der Waals surface area contributed by atoms with E-state index in [0.717, 1.165) is 48.6 Å². The Balaban J connectivity index is 0.000000832. The summed E-state index contributed by atoms with van der Waals surface area (Å²) in [6.07, 6.45) is 3.99. The number of nitrogens with zero attached hydrogens (tertiary/aromatic N) is 5. The fourth-order valence-electron chi connectivity index (χ4n) is 4.98. The molecule has 6 rings (SSSR count). The van der Waals surface area contributed by atoms with Crippen LogP contribution in [0.15, 0.2) is 53.6 Å². The van der Waals surface area contributed by atoms with Gasteiger partial charge in [0.15, 0.2) is 5.65 Å². The Bertz CT molecular complexity index is 1830. The van der Waals surface area contributed by atoms with Gasteiger partial charge >= 0.3 is 0 Å². The summed E-state index contributed by atoms with van der Waals surface area (Å²) in [6, 6.07) is 11.5. The molecule has 10 nitrogen and oxygen atoms in total. The van der Waals surface area contributed by atoms with E-state index < -0.39 is 5.91 Å². The number of thiazole rings is 1. The van der Waals surface area contributed by atoms with Crippen molar-refractivity contribution in [2.45, 2.75) is 61.4 Å². The van der Waals surface area contributed by atoms with Crippen molar-refractivity contribution in [1.29, 1.82) is 0 Å². The number of aromatic nitrogens is 4. The summed E-state index contributed by atoms with van der Waals surface area (Å²) < 4.78 is 3.58. The molecule has 1 saturated heterocycles. The van der Waals surface area contributed by atoms with E-state index in [2.05, 4.69) is 27.1 Å². The minimum absolute atomic E-state index is 0.0196. The number of hydrogen-bond acceptors (Lipinski definition) is 7. The van der Waals surface area contributed by atoms with Crippen molar-refractivity contribution in [2.75, 3.05) is 38.1 Å². The van der Waals surface area contributed by atoms with Crippen molar-refractivity contribution in [2.24, 2.45) is 0 Å². The van der Waals surface area contributed by atoms with Crippen LogP contribution >= 0.6 is 11.3 Å². The van der Waals surface area contributed by atoms with Crippen molar-refractivity contribution >= 4 is 49.1 Å². The van der Waals surface area contributed by atoms with Crippen LogP contribution in [-0.4, -0.2) is 58.4 Å².